The number of likely N-dealkylation sites (N-methyl/N-ethyl adjacent to an activating group) is 1. The van der Waals surface area contributed by atoms with E-state index in [9.17, 15) is 4.79 Å². The summed E-state index contributed by atoms with van der Waals surface area (Å²) in [6.07, 6.45) is 8.21. The number of nitrogens with zero attached hydrogens (tertiary/aromatic N) is 3. The second-order valence-corrected chi connectivity index (χ2v) is 5.59. The van der Waals surface area contributed by atoms with E-state index in [-0.39, 0.29) is 11.9 Å². The van der Waals surface area contributed by atoms with Crippen LogP contribution in [0.25, 0.3) is 0 Å². The van der Waals surface area contributed by atoms with E-state index in [2.05, 4.69) is 21.8 Å². The molecule has 0 saturated carbocycles. The molecule has 0 spiro atoms. The van der Waals surface area contributed by atoms with Crippen LogP contribution in [-0.4, -0.2) is 51.9 Å². The molecule has 1 saturated heterocycles. The van der Waals surface area contributed by atoms with Gasteiger partial charge in [-0.1, -0.05) is 6.92 Å². The van der Waals surface area contributed by atoms with E-state index < -0.39 is 0 Å². The van der Waals surface area contributed by atoms with Crippen LogP contribution >= 0.6 is 0 Å². The first kappa shape index (κ1) is 14.8. The second-order valence-electron chi connectivity index (χ2n) is 5.59. The number of hydrogen-bond donors (Lipinski definition) is 1. The molecule has 2 aromatic rings. The van der Waals surface area contributed by atoms with Crippen molar-refractivity contribution in [3.05, 3.63) is 42.4 Å². The van der Waals surface area contributed by atoms with Gasteiger partial charge in [0.2, 0.25) is 5.91 Å². The number of hydrogen-bond acceptors (Lipinski definition) is 4. The molecule has 1 aliphatic rings. The van der Waals surface area contributed by atoms with Crippen LogP contribution in [0, 0.1) is 0 Å². The summed E-state index contributed by atoms with van der Waals surface area (Å²) in [7, 11) is 0. The van der Waals surface area contributed by atoms with Gasteiger partial charge in [0.05, 0.1) is 18.6 Å². The molecule has 1 N–H and O–H groups in total. The van der Waals surface area contributed by atoms with Gasteiger partial charge in [0, 0.05) is 38.4 Å². The molecule has 22 heavy (non-hydrogen) atoms. The summed E-state index contributed by atoms with van der Waals surface area (Å²) >= 11 is 0. The fourth-order valence-corrected chi connectivity index (χ4v) is 2.99. The molecular formula is C16H22N4O2. The van der Waals surface area contributed by atoms with Gasteiger partial charge < -0.3 is 14.3 Å². The lowest BCUT2D eigenvalue weighted by atomic mass is 10.1. The normalized spacial score (nSPS) is 19.5. The lowest BCUT2D eigenvalue weighted by Crippen LogP contribution is -2.50. The average molecular weight is 302 g/mol. The number of carbonyl (C=O) groups excluding carboxylic acids is 1. The highest BCUT2D eigenvalue weighted by molar-refractivity contribution is 5.76. The number of nitrogens with one attached hydrogen (secondary N) is 1. The SMILES string of the molecule is CCN1CCN(C(=O)CCc2ccoc2)C[C@H]1c1ncc[nH]1. The summed E-state index contributed by atoms with van der Waals surface area (Å²) < 4.78 is 5.04. The molecule has 0 aliphatic carbocycles. The highest BCUT2D eigenvalue weighted by Crippen LogP contribution is 2.23. The highest BCUT2D eigenvalue weighted by Gasteiger charge is 2.30. The van der Waals surface area contributed by atoms with E-state index in [4.69, 9.17) is 4.42 Å². The number of aromatic nitrogens is 2. The monoisotopic (exact) mass is 302 g/mol. The van der Waals surface area contributed by atoms with Crippen molar-refractivity contribution >= 4 is 5.91 Å². The number of H-pyrrole nitrogens is 1. The Morgan fingerprint density at radius 1 is 1.50 bits per heavy atom. The molecule has 1 atom stereocenters. The molecule has 1 fully saturated rings. The molecule has 0 radical (unpaired) electrons. The minimum absolute atomic E-state index is 0.159. The van der Waals surface area contributed by atoms with Crippen LogP contribution in [0.3, 0.4) is 0 Å². The molecule has 3 heterocycles. The quantitative estimate of drug-likeness (QED) is 0.915. The number of piperazine rings is 1. The van der Waals surface area contributed by atoms with Gasteiger partial charge in [-0.05, 0) is 24.6 Å². The van der Waals surface area contributed by atoms with Crippen LogP contribution in [0.4, 0.5) is 0 Å². The third-order valence-corrected chi connectivity index (χ3v) is 4.29. The van der Waals surface area contributed by atoms with Crippen LogP contribution in [0.15, 0.2) is 35.4 Å². The highest BCUT2D eigenvalue weighted by atomic mass is 16.3. The van der Waals surface area contributed by atoms with Crippen molar-refractivity contribution in [1.29, 1.82) is 0 Å². The largest absolute Gasteiger partial charge is 0.472 e. The van der Waals surface area contributed by atoms with E-state index in [1.54, 1.807) is 18.7 Å². The smallest absolute Gasteiger partial charge is 0.223 e. The summed E-state index contributed by atoms with van der Waals surface area (Å²) in [6, 6.07) is 2.07. The number of amides is 1. The third kappa shape index (κ3) is 3.22. The Bertz CT molecular complexity index is 579. The number of aromatic amines is 1. The maximum Gasteiger partial charge on any atom is 0.223 e. The van der Waals surface area contributed by atoms with Crippen molar-refractivity contribution in [3.63, 3.8) is 0 Å². The van der Waals surface area contributed by atoms with Crippen LogP contribution in [0.2, 0.25) is 0 Å². The zero-order chi connectivity index (χ0) is 15.4. The van der Waals surface area contributed by atoms with Crippen molar-refractivity contribution in [2.45, 2.75) is 25.8 Å². The Balaban J connectivity index is 1.61. The summed E-state index contributed by atoms with van der Waals surface area (Å²) in [5.74, 6) is 1.14. The Hall–Kier alpha value is -2.08. The molecule has 0 unspecified atom stereocenters. The number of imidazole rings is 1. The van der Waals surface area contributed by atoms with Crippen molar-refractivity contribution in [2.75, 3.05) is 26.2 Å². The third-order valence-electron chi connectivity index (χ3n) is 4.29. The van der Waals surface area contributed by atoms with Crippen LogP contribution < -0.4 is 0 Å². The fraction of sp³-hybridized carbons (Fsp3) is 0.500. The molecule has 2 aromatic heterocycles. The van der Waals surface area contributed by atoms with E-state index in [1.165, 1.54) is 0 Å². The van der Waals surface area contributed by atoms with Gasteiger partial charge in [-0.3, -0.25) is 9.69 Å². The van der Waals surface area contributed by atoms with Crippen LogP contribution in [0.5, 0.6) is 0 Å². The van der Waals surface area contributed by atoms with Gasteiger partial charge in [-0.25, -0.2) is 4.98 Å². The maximum atomic E-state index is 12.4. The van der Waals surface area contributed by atoms with Crippen molar-refractivity contribution in [1.82, 2.24) is 19.8 Å². The summed E-state index contributed by atoms with van der Waals surface area (Å²) in [4.78, 5) is 24.3. The van der Waals surface area contributed by atoms with E-state index >= 15 is 0 Å². The van der Waals surface area contributed by atoms with Gasteiger partial charge in [0.25, 0.3) is 0 Å². The first-order valence-corrected chi connectivity index (χ1v) is 7.80. The molecule has 0 bridgehead atoms. The van der Waals surface area contributed by atoms with Crippen molar-refractivity contribution < 1.29 is 9.21 Å². The molecule has 3 rings (SSSR count). The number of furan rings is 1. The number of aryl methyl sites for hydroxylation is 1. The first-order valence-electron chi connectivity index (χ1n) is 7.80. The van der Waals surface area contributed by atoms with Gasteiger partial charge in [-0.2, -0.15) is 0 Å². The van der Waals surface area contributed by atoms with Gasteiger partial charge in [-0.15, -0.1) is 0 Å². The van der Waals surface area contributed by atoms with Crippen molar-refractivity contribution in [2.24, 2.45) is 0 Å². The lowest BCUT2D eigenvalue weighted by molar-refractivity contribution is -0.134. The minimum Gasteiger partial charge on any atom is -0.472 e. The van der Waals surface area contributed by atoms with E-state index in [1.807, 2.05) is 17.2 Å². The number of carbonyl (C=O) groups is 1. The molecule has 118 valence electrons. The van der Waals surface area contributed by atoms with Gasteiger partial charge >= 0.3 is 0 Å². The minimum atomic E-state index is 0.159. The van der Waals surface area contributed by atoms with Crippen LogP contribution in [0.1, 0.15) is 30.8 Å². The predicted octanol–water partition coefficient (Wildman–Crippen LogP) is 1.84. The molecule has 1 amide bonds. The first-order chi connectivity index (χ1) is 10.8. The zero-order valence-electron chi connectivity index (χ0n) is 12.9. The van der Waals surface area contributed by atoms with E-state index in [0.29, 0.717) is 13.0 Å². The Morgan fingerprint density at radius 3 is 3.09 bits per heavy atom. The second kappa shape index (κ2) is 6.79. The molecule has 6 heteroatoms. The van der Waals surface area contributed by atoms with E-state index in [0.717, 1.165) is 37.4 Å². The number of rotatable bonds is 5. The summed E-state index contributed by atoms with van der Waals surface area (Å²) in [6.45, 7) is 5.48. The Labute approximate surface area is 130 Å². The standard InChI is InChI=1S/C16H22N4O2/c1-2-19-8-9-20(11-14(19)16-17-6-7-18-16)15(21)4-3-13-5-10-22-12-13/h5-7,10,12,14H,2-4,8-9,11H2,1H3,(H,17,18)/t14-/m0/s1. The zero-order valence-corrected chi connectivity index (χ0v) is 12.9. The molecular weight excluding hydrogens is 280 g/mol. The maximum absolute atomic E-state index is 12.4. The van der Waals surface area contributed by atoms with Crippen LogP contribution in [-0.2, 0) is 11.2 Å². The molecule has 6 nitrogen and oxygen atoms in total. The topological polar surface area (TPSA) is 65.4 Å². The Morgan fingerprint density at radius 2 is 2.41 bits per heavy atom. The summed E-state index contributed by atoms with van der Waals surface area (Å²) in [5.41, 5.74) is 1.07. The predicted molar refractivity (Wildman–Crippen MR) is 82.2 cm³/mol. The van der Waals surface area contributed by atoms with Gasteiger partial charge in [0.15, 0.2) is 0 Å². The Kier molecular flexibility index (Phi) is 4.58. The molecule has 0 aromatic carbocycles. The van der Waals surface area contributed by atoms with Crippen molar-refractivity contribution in [3.8, 4) is 0 Å². The summed E-state index contributed by atoms with van der Waals surface area (Å²) in [5, 5.41) is 0. The van der Waals surface area contributed by atoms with Gasteiger partial charge in [0.1, 0.15) is 5.82 Å². The lowest BCUT2D eigenvalue weighted by Gasteiger charge is -2.40. The average Bonchev–Trinajstić information content (AvgIpc) is 3.25. The fourth-order valence-electron chi connectivity index (χ4n) is 2.99. The molecule has 1 aliphatic heterocycles.